The number of benzene rings is 2. The number of aryl methyl sites for hydroxylation is 1. The van der Waals surface area contributed by atoms with Crippen LogP contribution in [-0.2, 0) is 22.6 Å². The van der Waals surface area contributed by atoms with Gasteiger partial charge in [0.25, 0.3) is 0 Å². The predicted octanol–water partition coefficient (Wildman–Crippen LogP) is 5.23. The molecule has 0 spiro atoms. The van der Waals surface area contributed by atoms with Crippen molar-refractivity contribution in [2.75, 3.05) is 45.8 Å². The largest absolute Gasteiger partial charge is 0.497 e. The number of anilines is 1. The Bertz CT molecular complexity index is 1190. The van der Waals surface area contributed by atoms with Gasteiger partial charge in [-0.1, -0.05) is 12.1 Å². The Morgan fingerprint density at radius 3 is 2.23 bits per heavy atom. The van der Waals surface area contributed by atoms with E-state index in [2.05, 4.69) is 5.32 Å². The highest BCUT2D eigenvalue weighted by Crippen LogP contribution is 2.26. The topological polar surface area (TPSA) is 93.5 Å². The number of methoxy groups -OCH3 is 2. The van der Waals surface area contributed by atoms with Crippen LogP contribution in [0.4, 0.5) is 14.9 Å². The van der Waals surface area contributed by atoms with Gasteiger partial charge in [-0.05, 0) is 50.1 Å². The summed E-state index contributed by atoms with van der Waals surface area (Å²) < 4.78 is 35.2. The highest BCUT2D eigenvalue weighted by atomic mass is 19.1. The average molecular weight is 542 g/mol. The average Bonchev–Trinajstić information content (AvgIpc) is 3.35. The van der Waals surface area contributed by atoms with E-state index in [4.69, 9.17) is 18.6 Å². The van der Waals surface area contributed by atoms with Gasteiger partial charge >= 0.3 is 6.03 Å². The van der Waals surface area contributed by atoms with Gasteiger partial charge in [-0.15, -0.1) is 0 Å². The first-order chi connectivity index (χ1) is 18.8. The molecule has 39 heavy (non-hydrogen) atoms. The van der Waals surface area contributed by atoms with E-state index in [0.29, 0.717) is 49.1 Å². The maximum atomic E-state index is 13.6. The van der Waals surface area contributed by atoms with Crippen LogP contribution in [0.15, 0.2) is 59.0 Å². The van der Waals surface area contributed by atoms with Crippen molar-refractivity contribution in [1.82, 2.24) is 9.80 Å². The fourth-order valence-corrected chi connectivity index (χ4v) is 3.90. The van der Waals surface area contributed by atoms with E-state index in [-0.39, 0.29) is 31.4 Å². The number of carbonyl (C=O) groups excluding carboxylic acids is 2. The first-order valence-electron chi connectivity index (χ1n) is 12.8. The fourth-order valence-electron chi connectivity index (χ4n) is 3.90. The van der Waals surface area contributed by atoms with Crippen molar-refractivity contribution >= 4 is 17.6 Å². The van der Waals surface area contributed by atoms with Gasteiger partial charge in [-0.3, -0.25) is 4.79 Å². The second-order valence-corrected chi connectivity index (χ2v) is 8.89. The molecule has 0 fully saturated rings. The molecule has 1 heterocycles. The molecule has 0 radical (unpaired) electrons. The van der Waals surface area contributed by atoms with Crippen LogP contribution >= 0.6 is 0 Å². The fraction of sp³-hybridized carbons (Fsp3) is 0.379. The SMILES string of the molecule is CCOCCCN(CC(=O)N(Cc1ccc(F)cc1)Cc1ccc(C)o1)C(=O)Nc1cc(OC)cc(OC)c1. The summed E-state index contributed by atoms with van der Waals surface area (Å²) in [5.74, 6) is 1.72. The van der Waals surface area contributed by atoms with Crippen molar-refractivity contribution in [3.05, 3.63) is 77.5 Å². The van der Waals surface area contributed by atoms with Gasteiger partial charge in [0, 0.05) is 50.2 Å². The van der Waals surface area contributed by atoms with Gasteiger partial charge in [-0.2, -0.15) is 0 Å². The summed E-state index contributed by atoms with van der Waals surface area (Å²) in [7, 11) is 3.05. The van der Waals surface area contributed by atoms with Crippen LogP contribution in [0.2, 0.25) is 0 Å². The van der Waals surface area contributed by atoms with E-state index in [9.17, 15) is 14.0 Å². The second kappa shape index (κ2) is 14.8. The third kappa shape index (κ3) is 9.33. The van der Waals surface area contributed by atoms with Gasteiger partial charge in [0.2, 0.25) is 5.91 Å². The molecule has 0 saturated carbocycles. The molecule has 2 aromatic carbocycles. The van der Waals surface area contributed by atoms with Crippen LogP contribution in [0.3, 0.4) is 0 Å². The molecule has 0 aliphatic rings. The molecule has 0 aliphatic carbocycles. The van der Waals surface area contributed by atoms with Crippen molar-refractivity contribution in [2.24, 2.45) is 0 Å². The minimum Gasteiger partial charge on any atom is -0.497 e. The molecule has 9 nitrogen and oxygen atoms in total. The van der Waals surface area contributed by atoms with E-state index in [0.717, 1.165) is 11.3 Å². The normalized spacial score (nSPS) is 10.7. The smallest absolute Gasteiger partial charge is 0.322 e. The van der Waals surface area contributed by atoms with Gasteiger partial charge < -0.3 is 33.7 Å². The Morgan fingerprint density at radius 2 is 1.64 bits per heavy atom. The predicted molar refractivity (Wildman–Crippen MR) is 145 cm³/mol. The quantitative estimate of drug-likeness (QED) is 0.281. The van der Waals surface area contributed by atoms with Gasteiger partial charge in [0.15, 0.2) is 0 Å². The van der Waals surface area contributed by atoms with Crippen molar-refractivity contribution < 1.29 is 32.6 Å². The molecular weight excluding hydrogens is 505 g/mol. The summed E-state index contributed by atoms with van der Waals surface area (Å²) in [6, 6.07) is 14.2. The number of carbonyl (C=O) groups is 2. The molecule has 3 amide bonds. The molecule has 0 atom stereocenters. The number of urea groups is 1. The molecule has 1 N–H and O–H groups in total. The molecule has 0 unspecified atom stereocenters. The lowest BCUT2D eigenvalue weighted by Crippen LogP contribution is -2.44. The first-order valence-corrected chi connectivity index (χ1v) is 12.8. The number of rotatable bonds is 14. The van der Waals surface area contributed by atoms with E-state index >= 15 is 0 Å². The van der Waals surface area contributed by atoms with Crippen LogP contribution < -0.4 is 14.8 Å². The van der Waals surface area contributed by atoms with Gasteiger partial charge in [0.1, 0.15) is 35.4 Å². The van der Waals surface area contributed by atoms with Crippen molar-refractivity contribution in [1.29, 1.82) is 0 Å². The van der Waals surface area contributed by atoms with Crippen LogP contribution in [0.25, 0.3) is 0 Å². The van der Waals surface area contributed by atoms with Crippen LogP contribution in [0, 0.1) is 12.7 Å². The van der Waals surface area contributed by atoms with Gasteiger partial charge in [0.05, 0.1) is 20.8 Å². The van der Waals surface area contributed by atoms with Crippen LogP contribution in [0.5, 0.6) is 11.5 Å². The number of ether oxygens (including phenoxy) is 3. The van der Waals surface area contributed by atoms with Crippen LogP contribution in [0.1, 0.15) is 30.4 Å². The van der Waals surface area contributed by atoms with Crippen LogP contribution in [-0.4, -0.2) is 62.3 Å². The Labute approximate surface area is 228 Å². The van der Waals surface area contributed by atoms with E-state index in [1.807, 2.05) is 26.0 Å². The number of nitrogens with one attached hydrogen (secondary N) is 1. The van der Waals surface area contributed by atoms with Crippen molar-refractivity contribution in [3.8, 4) is 11.5 Å². The number of furan rings is 1. The summed E-state index contributed by atoms with van der Waals surface area (Å²) in [5.41, 5.74) is 1.22. The highest BCUT2D eigenvalue weighted by Gasteiger charge is 2.23. The lowest BCUT2D eigenvalue weighted by atomic mass is 10.2. The molecule has 210 valence electrons. The zero-order valence-electron chi connectivity index (χ0n) is 22.9. The molecule has 0 aliphatic heterocycles. The zero-order chi connectivity index (χ0) is 28.2. The number of hydrogen-bond acceptors (Lipinski definition) is 6. The maximum Gasteiger partial charge on any atom is 0.322 e. The monoisotopic (exact) mass is 541 g/mol. The molecule has 0 bridgehead atoms. The summed E-state index contributed by atoms with van der Waals surface area (Å²) >= 11 is 0. The highest BCUT2D eigenvalue weighted by molar-refractivity contribution is 5.92. The summed E-state index contributed by atoms with van der Waals surface area (Å²) in [5, 5.41) is 2.84. The third-order valence-electron chi connectivity index (χ3n) is 5.92. The molecule has 0 saturated heterocycles. The van der Waals surface area contributed by atoms with E-state index in [1.54, 1.807) is 35.2 Å². The van der Waals surface area contributed by atoms with Crippen molar-refractivity contribution in [2.45, 2.75) is 33.4 Å². The van der Waals surface area contributed by atoms with E-state index in [1.165, 1.54) is 31.3 Å². The minimum absolute atomic E-state index is 0.181. The number of halogens is 1. The van der Waals surface area contributed by atoms with Crippen molar-refractivity contribution in [3.63, 3.8) is 0 Å². The Kier molecular flexibility index (Phi) is 11.2. The molecule has 1 aromatic heterocycles. The molecule has 10 heteroatoms. The number of amides is 3. The zero-order valence-corrected chi connectivity index (χ0v) is 22.9. The van der Waals surface area contributed by atoms with Gasteiger partial charge in [-0.25, -0.2) is 9.18 Å². The minimum atomic E-state index is -0.453. The lowest BCUT2D eigenvalue weighted by molar-refractivity contribution is -0.133. The summed E-state index contributed by atoms with van der Waals surface area (Å²) in [6.07, 6.45) is 0.547. The second-order valence-electron chi connectivity index (χ2n) is 8.89. The van der Waals surface area contributed by atoms with E-state index < -0.39 is 6.03 Å². The molecular formula is C29H36FN3O6. The standard InChI is InChI=1S/C29H36FN3O6/c1-5-38-14-6-13-32(29(35)31-24-15-26(36-3)17-27(16-24)37-4)20-28(34)33(19-25-12-7-21(2)39-25)18-22-8-10-23(30)11-9-22/h7-12,15-17H,5-6,13-14,18-20H2,1-4H3,(H,31,35). The Balaban J connectivity index is 1.80. The Morgan fingerprint density at radius 1 is 0.949 bits per heavy atom. The maximum absolute atomic E-state index is 13.6. The third-order valence-corrected chi connectivity index (χ3v) is 5.92. The summed E-state index contributed by atoms with van der Waals surface area (Å²) in [6.45, 7) is 5.27. The molecule has 3 aromatic rings. The first kappa shape index (κ1) is 29.5. The number of nitrogens with zero attached hydrogens (tertiary/aromatic N) is 2. The molecule has 3 rings (SSSR count). The summed E-state index contributed by atoms with van der Waals surface area (Å²) in [4.78, 5) is 30.0. The Hall–Kier alpha value is -4.05. The lowest BCUT2D eigenvalue weighted by Gasteiger charge is -2.28. The number of hydrogen-bond donors (Lipinski definition) is 1.